The second-order valence-corrected chi connectivity index (χ2v) is 7.84. The van der Waals surface area contributed by atoms with Gasteiger partial charge in [0, 0.05) is 19.6 Å². The molecule has 6 heteroatoms. The van der Waals surface area contributed by atoms with Crippen LogP contribution < -0.4 is 5.32 Å². The van der Waals surface area contributed by atoms with Crippen LogP contribution in [0.25, 0.3) is 0 Å². The van der Waals surface area contributed by atoms with Crippen molar-refractivity contribution in [3.8, 4) is 0 Å². The van der Waals surface area contributed by atoms with Crippen molar-refractivity contribution in [2.45, 2.75) is 43.7 Å². The highest BCUT2D eigenvalue weighted by molar-refractivity contribution is 7.89. The van der Waals surface area contributed by atoms with Crippen LogP contribution in [0, 0.1) is 0 Å². The van der Waals surface area contributed by atoms with Crippen LogP contribution in [-0.2, 0) is 16.6 Å². The molecule has 1 heterocycles. The van der Waals surface area contributed by atoms with Crippen LogP contribution in [0.15, 0.2) is 29.2 Å². The Morgan fingerprint density at radius 3 is 2.52 bits per heavy atom. The Morgan fingerprint density at radius 1 is 1.33 bits per heavy atom. The lowest BCUT2D eigenvalue weighted by Crippen LogP contribution is -2.33. The monoisotopic (exact) mass is 312 g/mol. The van der Waals surface area contributed by atoms with Crippen molar-refractivity contribution in [3.63, 3.8) is 0 Å². The zero-order valence-electron chi connectivity index (χ0n) is 12.7. The Labute approximate surface area is 127 Å². The zero-order chi connectivity index (χ0) is 15.5. The van der Waals surface area contributed by atoms with Crippen LogP contribution in [0.3, 0.4) is 0 Å². The molecule has 1 aliphatic heterocycles. The van der Waals surface area contributed by atoms with Crippen LogP contribution in [0.2, 0.25) is 0 Å². The summed E-state index contributed by atoms with van der Waals surface area (Å²) >= 11 is 0. The number of β-amino-alcohol motifs (C(OH)–C–C–N with tert-alkyl or cyclic N) is 1. The molecule has 0 bridgehead atoms. The van der Waals surface area contributed by atoms with Gasteiger partial charge in [-0.25, -0.2) is 8.42 Å². The number of sulfonamides is 1. The Kier molecular flexibility index (Phi) is 5.03. The van der Waals surface area contributed by atoms with Gasteiger partial charge in [-0.15, -0.1) is 0 Å². The number of nitrogens with one attached hydrogen (secondary N) is 1. The smallest absolute Gasteiger partial charge is 0.243 e. The van der Waals surface area contributed by atoms with Gasteiger partial charge in [0.25, 0.3) is 0 Å². The molecule has 1 unspecified atom stereocenters. The Bertz CT molecular complexity index is 567. The molecule has 1 aromatic rings. The minimum atomic E-state index is -3.50. The Morgan fingerprint density at radius 2 is 2.00 bits per heavy atom. The summed E-state index contributed by atoms with van der Waals surface area (Å²) in [5, 5.41) is 13.2. The van der Waals surface area contributed by atoms with Crippen molar-refractivity contribution in [1.29, 1.82) is 0 Å². The van der Waals surface area contributed by atoms with E-state index in [0.29, 0.717) is 17.9 Å². The first kappa shape index (κ1) is 16.4. The van der Waals surface area contributed by atoms with Crippen LogP contribution in [0.4, 0.5) is 0 Å². The molecule has 0 spiro atoms. The van der Waals surface area contributed by atoms with Gasteiger partial charge in [-0.3, -0.25) is 0 Å². The molecule has 2 rings (SSSR count). The summed E-state index contributed by atoms with van der Waals surface area (Å²) in [7, 11) is -3.50. The summed E-state index contributed by atoms with van der Waals surface area (Å²) in [6.45, 7) is 6.00. The molecule has 0 amide bonds. The summed E-state index contributed by atoms with van der Waals surface area (Å²) in [6, 6.07) is 6.96. The van der Waals surface area contributed by atoms with E-state index in [0.717, 1.165) is 25.1 Å². The van der Waals surface area contributed by atoms with Gasteiger partial charge in [-0.1, -0.05) is 19.1 Å². The predicted octanol–water partition coefficient (Wildman–Crippen LogP) is 1.33. The number of aliphatic hydroxyl groups is 1. The van der Waals surface area contributed by atoms with Gasteiger partial charge in [0.05, 0.1) is 10.5 Å². The molecule has 0 aromatic heterocycles. The van der Waals surface area contributed by atoms with E-state index in [9.17, 15) is 13.5 Å². The molecule has 21 heavy (non-hydrogen) atoms. The van der Waals surface area contributed by atoms with Crippen molar-refractivity contribution in [3.05, 3.63) is 29.8 Å². The van der Waals surface area contributed by atoms with E-state index >= 15 is 0 Å². The predicted molar refractivity (Wildman–Crippen MR) is 82.4 cm³/mol. The van der Waals surface area contributed by atoms with E-state index < -0.39 is 15.6 Å². The minimum absolute atomic E-state index is 0.162. The number of hydrogen-bond donors (Lipinski definition) is 2. The molecule has 118 valence electrons. The fourth-order valence-electron chi connectivity index (χ4n) is 2.45. The maximum atomic E-state index is 12.5. The van der Waals surface area contributed by atoms with Gasteiger partial charge >= 0.3 is 0 Å². The second kappa shape index (κ2) is 6.44. The molecule has 1 atom stereocenters. The van der Waals surface area contributed by atoms with E-state index in [1.807, 2.05) is 12.1 Å². The first-order valence-corrected chi connectivity index (χ1v) is 8.81. The lowest BCUT2D eigenvalue weighted by atomic mass is 10.1. The van der Waals surface area contributed by atoms with Crippen LogP contribution in [0.1, 0.15) is 32.3 Å². The highest BCUT2D eigenvalue weighted by Gasteiger charge is 2.38. The van der Waals surface area contributed by atoms with Gasteiger partial charge < -0.3 is 10.4 Å². The van der Waals surface area contributed by atoms with Gasteiger partial charge in [-0.2, -0.15) is 4.31 Å². The molecular formula is C15H24N2O3S. The topological polar surface area (TPSA) is 69.6 Å². The average molecular weight is 312 g/mol. The van der Waals surface area contributed by atoms with Crippen molar-refractivity contribution >= 4 is 10.0 Å². The highest BCUT2D eigenvalue weighted by atomic mass is 32.2. The fourth-order valence-corrected chi connectivity index (χ4v) is 4.00. The number of hydrogen-bond acceptors (Lipinski definition) is 4. The quantitative estimate of drug-likeness (QED) is 0.778. The maximum Gasteiger partial charge on any atom is 0.243 e. The molecule has 5 nitrogen and oxygen atoms in total. The van der Waals surface area contributed by atoms with E-state index in [1.165, 1.54) is 4.31 Å². The van der Waals surface area contributed by atoms with Gasteiger partial charge in [0.2, 0.25) is 10.0 Å². The number of benzene rings is 1. The molecule has 0 saturated carbocycles. The van der Waals surface area contributed by atoms with Crippen molar-refractivity contribution in [2.75, 3.05) is 19.6 Å². The summed E-state index contributed by atoms with van der Waals surface area (Å²) in [6.07, 6.45) is 1.55. The molecule has 1 saturated heterocycles. The summed E-state index contributed by atoms with van der Waals surface area (Å²) in [5.74, 6) is 0. The second-order valence-electron chi connectivity index (χ2n) is 5.91. The normalized spacial score (nSPS) is 23.6. The van der Waals surface area contributed by atoms with Gasteiger partial charge in [0.1, 0.15) is 0 Å². The first-order chi connectivity index (χ1) is 9.85. The molecule has 0 radical (unpaired) electrons. The third-order valence-corrected chi connectivity index (χ3v) is 5.59. The molecule has 2 N–H and O–H groups in total. The maximum absolute atomic E-state index is 12.5. The highest BCUT2D eigenvalue weighted by Crippen LogP contribution is 2.26. The van der Waals surface area contributed by atoms with E-state index in [1.54, 1.807) is 19.1 Å². The van der Waals surface area contributed by atoms with Crippen molar-refractivity contribution < 1.29 is 13.5 Å². The van der Waals surface area contributed by atoms with Gasteiger partial charge in [0.15, 0.2) is 0 Å². The van der Waals surface area contributed by atoms with Crippen LogP contribution in [-0.4, -0.2) is 43.1 Å². The molecule has 1 aliphatic rings. The van der Waals surface area contributed by atoms with Crippen LogP contribution >= 0.6 is 0 Å². The largest absolute Gasteiger partial charge is 0.389 e. The van der Waals surface area contributed by atoms with E-state index in [4.69, 9.17) is 0 Å². The Balaban J connectivity index is 2.07. The Hall–Kier alpha value is -0.950. The van der Waals surface area contributed by atoms with E-state index in [2.05, 4.69) is 12.2 Å². The molecule has 1 fully saturated rings. The fraction of sp³-hybridized carbons (Fsp3) is 0.600. The molecule has 0 aliphatic carbocycles. The summed E-state index contributed by atoms with van der Waals surface area (Å²) in [4.78, 5) is 0.291. The summed E-state index contributed by atoms with van der Waals surface area (Å²) in [5.41, 5.74) is 0.146. The third kappa shape index (κ3) is 4.03. The number of nitrogens with zero attached hydrogens (tertiary/aromatic N) is 1. The molecule has 1 aromatic carbocycles. The van der Waals surface area contributed by atoms with E-state index in [-0.39, 0.29) is 6.54 Å². The summed E-state index contributed by atoms with van der Waals surface area (Å²) < 4.78 is 26.3. The lowest BCUT2D eigenvalue weighted by Gasteiger charge is -2.19. The minimum Gasteiger partial charge on any atom is -0.389 e. The lowest BCUT2D eigenvalue weighted by molar-refractivity contribution is 0.0762. The first-order valence-electron chi connectivity index (χ1n) is 7.37. The van der Waals surface area contributed by atoms with Crippen molar-refractivity contribution in [2.24, 2.45) is 0 Å². The third-order valence-electron chi connectivity index (χ3n) is 3.73. The SMILES string of the molecule is CCCNCc1ccc(S(=O)(=O)N2CCC(C)(O)C2)cc1. The van der Waals surface area contributed by atoms with Crippen LogP contribution in [0.5, 0.6) is 0 Å². The average Bonchev–Trinajstić information content (AvgIpc) is 2.81. The number of rotatable bonds is 6. The van der Waals surface area contributed by atoms with Gasteiger partial charge in [-0.05, 0) is 44.0 Å². The standard InChI is InChI=1S/C15H24N2O3S/c1-3-9-16-11-13-4-6-14(7-5-13)21(19,20)17-10-8-15(2,18)12-17/h4-7,16,18H,3,8-12H2,1-2H3. The molecular weight excluding hydrogens is 288 g/mol. The zero-order valence-corrected chi connectivity index (χ0v) is 13.5. The van der Waals surface area contributed by atoms with Crippen molar-refractivity contribution in [1.82, 2.24) is 9.62 Å².